The predicted molar refractivity (Wildman–Crippen MR) is 34.3 cm³/mol. The fourth-order valence-corrected chi connectivity index (χ4v) is 0. The molecular formula is H3Cl2NO2S2. The van der Waals surface area contributed by atoms with Gasteiger partial charge in [-0.05, 0) is 10.7 Å². The molecule has 0 fully saturated rings. The van der Waals surface area contributed by atoms with Crippen LogP contribution in [0.25, 0.3) is 0 Å². The highest BCUT2D eigenvalue weighted by Crippen LogP contribution is 1.85. The highest BCUT2D eigenvalue weighted by atomic mass is 35.7. The van der Waals surface area contributed by atoms with E-state index in [0.29, 0.717) is 0 Å². The number of halogens is 2. The maximum absolute atomic E-state index is 8.88. The van der Waals surface area contributed by atoms with Crippen LogP contribution in [0.1, 0.15) is 0 Å². The summed E-state index contributed by atoms with van der Waals surface area (Å²) in [6, 6.07) is 0. The summed E-state index contributed by atoms with van der Waals surface area (Å²) in [7, 11) is 6.86. The van der Waals surface area contributed by atoms with Crippen molar-refractivity contribution in [3.8, 4) is 0 Å². The Kier molecular flexibility index (Phi) is 15.7. The summed E-state index contributed by atoms with van der Waals surface area (Å²) in [6.07, 6.45) is 0. The van der Waals surface area contributed by atoms with Gasteiger partial charge in [-0.15, -0.1) is 0 Å². The summed E-state index contributed by atoms with van der Waals surface area (Å²) in [5, 5.41) is 4.53. The van der Waals surface area contributed by atoms with Crippen LogP contribution in [0.15, 0.2) is 0 Å². The monoisotopic (exact) mass is 183 g/mol. The van der Waals surface area contributed by atoms with Gasteiger partial charge in [-0.25, -0.2) is 4.21 Å². The van der Waals surface area contributed by atoms with Crippen molar-refractivity contribution < 1.29 is 8.76 Å². The van der Waals surface area contributed by atoms with Crippen LogP contribution in [-0.2, 0) is 10.3 Å². The van der Waals surface area contributed by atoms with Crippen LogP contribution < -0.4 is 5.14 Å². The van der Waals surface area contributed by atoms with Gasteiger partial charge in [0.15, 0.2) is 0 Å². The van der Waals surface area contributed by atoms with Crippen LogP contribution in [0.4, 0.5) is 0 Å². The molecule has 0 radical (unpaired) electrons. The molecule has 1 unspecified atom stereocenters. The van der Waals surface area contributed by atoms with Gasteiger partial charge in [-0.2, -0.15) is 0 Å². The first kappa shape index (κ1) is 10.9. The molecule has 7 heteroatoms. The van der Waals surface area contributed by atoms with E-state index in [1.165, 1.54) is 0 Å². The third kappa shape index (κ3) is 175. The van der Waals surface area contributed by atoms with Gasteiger partial charge in [0.1, 0.15) is 0 Å². The lowest BCUT2D eigenvalue weighted by molar-refractivity contribution is 0.580. The van der Waals surface area contributed by atoms with Crippen LogP contribution in [0, 0.1) is 0 Å². The van der Waals surface area contributed by atoms with E-state index < -0.39 is 10.3 Å². The van der Waals surface area contributed by atoms with Crippen molar-refractivity contribution in [1.82, 2.24) is 0 Å². The number of rotatable bonds is 0. The van der Waals surface area contributed by atoms with Crippen LogP contribution in [0.3, 0.4) is 0 Å². The maximum Gasteiger partial charge on any atom is 0.253 e. The van der Waals surface area contributed by atoms with Crippen molar-refractivity contribution in [2.45, 2.75) is 0 Å². The molecule has 0 aromatic carbocycles. The molecule has 0 aromatic heterocycles. The normalized spacial score (nSPS) is 11.4. The Hall–Kier alpha value is 1.00. The summed E-state index contributed by atoms with van der Waals surface area (Å²) in [5.74, 6) is 0. The quantitative estimate of drug-likeness (QED) is 0.336. The van der Waals surface area contributed by atoms with E-state index in [1.54, 1.807) is 0 Å². The first-order valence-corrected chi connectivity index (χ1v) is 4.53. The predicted octanol–water partition coefficient (Wildman–Crippen LogP) is 1.11. The SMILES string of the molecule is NSCl.O=S(O)Cl. The average Bonchev–Trinajstić information content (AvgIpc) is 1.33. The summed E-state index contributed by atoms with van der Waals surface area (Å²) in [6.45, 7) is 0. The van der Waals surface area contributed by atoms with Gasteiger partial charge in [-0.1, -0.05) is 0 Å². The molecule has 0 aromatic rings. The molecule has 7 heavy (non-hydrogen) atoms. The lowest BCUT2D eigenvalue weighted by Gasteiger charge is -1.55. The highest BCUT2D eigenvalue weighted by Gasteiger charge is 1.65. The standard InChI is InChI=1S/ClH2NS.ClHO2S/c1-3-2;1-4(2)3/h2H2;(H,2,3). The maximum atomic E-state index is 8.88. The van der Waals surface area contributed by atoms with E-state index in [4.69, 9.17) is 19.4 Å². The molecule has 0 spiro atoms. The van der Waals surface area contributed by atoms with Gasteiger partial charge in [-0.3, -0.25) is 9.69 Å². The molecule has 46 valence electrons. The van der Waals surface area contributed by atoms with Crippen molar-refractivity contribution >= 4 is 42.8 Å². The Morgan fingerprint density at radius 3 is 1.86 bits per heavy atom. The molecule has 0 bridgehead atoms. The van der Waals surface area contributed by atoms with E-state index in [-0.39, 0.29) is 0 Å². The molecule has 0 saturated heterocycles. The van der Waals surface area contributed by atoms with Crippen molar-refractivity contribution in [3.05, 3.63) is 0 Å². The van der Waals surface area contributed by atoms with Crippen molar-refractivity contribution in [1.29, 1.82) is 0 Å². The summed E-state index contributed by atoms with van der Waals surface area (Å²) < 4.78 is 16.2. The molecule has 0 rings (SSSR count). The Bertz CT molecular complexity index is 45.0. The molecule has 0 aliphatic heterocycles. The number of nitrogens with two attached hydrogens (primary N) is 1. The molecule has 0 amide bonds. The number of hydrogen-bond acceptors (Lipinski definition) is 3. The summed E-state index contributed by atoms with van der Waals surface area (Å²) >= 11 is 0.722. The molecule has 0 saturated carbocycles. The van der Waals surface area contributed by atoms with Crippen molar-refractivity contribution in [2.24, 2.45) is 5.14 Å². The minimum absolute atomic E-state index is 0.722. The first-order valence-electron chi connectivity index (χ1n) is 0.894. The van der Waals surface area contributed by atoms with Crippen LogP contribution in [-0.4, -0.2) is 8.76 Å². The second-order valence-corrected chi connectivity index (χ2v) is 2.21. The topological polar surface area (TPSA) is 63.3 Å². The van der Waals surface area contributed by atoms with E-state index >= 15 is 0 Å². The summed E-state index contributed by atoms with van der Waals surface area (Å²) in [4.78, 5) is 0. The third-order valence-corrected chi connectivity index (χ3v) is 0. The van der Waals surface area contributed by atoms with Gasteiger partial charge in [0, 0.05) is 21.8 Å². The largest absolute Gasteiger partial charge is 0.294 e. The van der Waals surface area contributed by atoms with Gasteiger partial charge < -0.3 is 0 Å². The molecule has 0 heterocycles. The van der Waals surface area contributed by atoms with Gasteiger partial charge in [0.05, 0.1) is 0 Å². The third-order valence-electron chi connectivity index (χ3n) is 0. The van der Waals surface area contributed by atoms with E-state index in [1.807, 2.05) is 0 Å². The zero-order valence-corrected chi connectivity index (χ0v) is 6.15. The van der Waals surface area contributed by atoms with Crippen LogP contribution in [0.5, 0.6) is 0 Å². The lowest BCUT2D eigenvalue weighted by atomic mass is 14.0. The molecule has 1 atom stereocenters. The zero-order chi connectivity index (χ0) is 6.28. The molecule has 3 N–H and O–H groups in total. The van der Waals surface area contributed by atoms with Crippen molar-refractivity contribution in [2.75, 3.05) is 0 Å². The van der Waals surface area contributed by atoms with Gasteiger partial charge >= 0.3 is 0 Å². The van der Waals surface area contributed by atoms with Gasteiger partial charge in [0.2, 0.25) is 0 Å². The van der Waals surface area contributed by atoms with Crippen LogP contribution in [0.2, 0.25) is 0 Å². The zero-order valence-electron chi connectivity index (χ0n) is 3.01. The molecule has 0 aliphatic carbocycles. The fraction of sp³-hybridized carbons (Fsp3) is 0. The smallest absolute Gasteiger partial charge is 0.253 e. The molecule has 0 aliphatic rings. The molecule has 3 nitrogen and oxygen atoms in total. The molecular weight excluding hydrogens is 181 g/mol. The minimum atomic E-state index is -2.14. The Labute approximate surface area is 57.0 Å². The van der Waals surface area contributed by atoms with E-state index in [9.17, 15) is 0 Å². The Morgan fingerprint density at radius 1 is 1.86 bits per heavy atom. The van der Waals surface area contributed by atoms with E-state index in [0.717, 1.165) is 11.2 Å². The minimum Gasteiger partial charge on any atom is -0.294 e. The number of hydrogen-bond donors (Lipinski definition) is 2. The average molecular weight is 184 g/mol. The Morgan fingerprint density at radius 2 is 1.86 bits per heavy atom. The fourth-order valence-electron chi connectivity index (χ4n) is 0. The highest BCUT2D eigenvalue weighted by molar-refractivity contribution is 8.19. The van der Waals surface area contributed by atoms with Gasteiger partial charge in [0.25, 0.3) is 10.3 Å². The second-order valence-electron chi connectivity index (χ2n) is 0.296. The second kappa shape index (κ2) is 10.1. The van der Waals surface area contributed by atoms with Crippen molar-refractivity contribution in [3.63, 3.8) is 0 Å². The lowest BCUT2D eigenvalue weighted by Crippen LogP contribution is -1.60. The first-order chi connectivity index (χ1) is 3.15. The summed E-state index contributed by atoms with van der Waals surface area (Å²) in [5.41, 5.74) is 0. The van der Waals surface area contributed by atoms with Crippen LogP contribution >= 0.6 is 32.5 Å². The van der Waals surface area contributed by atoms with E-state index in [2.05, 4.69) is 15.8 Å². The Balaban J connectivity index is 0.